The van der Waals surface area contributed by atoms with Crippen molar-refractivity contribution in [2.75, 3.05) is 18.5 Å². The zero-order valence-electron chi connectivity index (χ0n) is 17.9. The number of aliphatic imine (C=N–C) groups is 1. The number of carbonyl (C=O) groups excluding carboxylic acids is 1. The predicted molar refractivity (Wildman–Crippen MR) is 118 cm³/mol. The molecule has 0 bridgehead atoms. The summed E-state index contributed by atoms with van der Waals surface area (Å²) in [6, 6.07) is 11.0. The largest absolute Gasteiger partial charge is 1.00 e. The highest BCUT2D eigenvalue weighted by atomic mass is 35.5. The summed E-state index contributed by atoms with van der Waals surface area (Å²) in [5.74, 6) is 0.882. The molecule has 0 radical (unpaired) electrons. The number of ether oxygens (including phenoxy) is 2. The maximum atomic E-state index is 10.9. The molecule has 0 saturated heterocycles. The molecular formula is C22H27Cl2N5O3. The number of nitrogens with zero attached hydrogens (tertiary/aromatic N) is 3. The van der Waals surface area contributed by atoms with Crippen LogP contribution in [0.15, 0.2) is 53.8 Å². The van der Waals surface area contributed by atoms with Gasteiger partial charge < -0.3 is 27.2 Å². The van der Waals surface area contributed by atoms with Crippen molar-refractivity contribution < 1.29 is 31.2 Å². The number of halogens is 2. The van der Waals surface area contributed by atoms with Crippen molar-refractivity contribution in [2.45, 2.75) is 39.3 Å². The number of pyridine rings is 1. The smallest absolute Gasteiger partial charge is 0.307 e. The normalized spacial score (nSPS) is 10.5. The summed E-state index contributed by atoms with van der Waals surface area (Å²) < 4.78 is 12.3. The third-order valence-electron chi connectivity index (χ3n) is 4.15. The number of nitriles is 1. The number of esters is 1. The number of anilines is 1. The van der Waals surface area contributed by atoms with Crippen molar-refractivity contribution in [1.82, 2.24) is 5.32 Å². The minimum Gasteiger partial charge on any atom is -1.00 e. The Morgan fingerprint density at radius 3 is 2.47 bits per heavy atom. The number of hydrogen-bond donors (Lipinski definition) is 2. The first kappa shape index (κ1) is 27.0. The summed E-state index contributed by atoms with van der Waals surface area (Å²) in [6.07, 6.45) is 9.36. The lowest BCUT2D eigenvalue weighted by atomic mass is 10.2. The highest BCUT2D eigenvalue weighted by Gasteiger charge is 2.05. The molecule has 1 aromatic carbocycles. The number of guanidine groups is 1. The van der Waals surface area contributed by atoms with Gasteiger partial charge in [0.05, 0.1) is 12.3 Å². The molecule has 0 aliphatic heterocycles. The van der Waals surface area contributed by atoms with Gasteiger partial charge in [-0.1, -0.05) is 18.0 Å². The maximum absolute atomic E-state index is 10.9. The van der Waals surface area contributed by atoms with Crippen molar-refractivity contribution in [2.24, 2.45) is 4.99 Å². The van der Waals surface area contributed by atoms with E-state index in [9.17, 15) is 4.79 Å². The second-order valence-corrected chi connectivity index (χ2v) is 7.11. The first-order valence-corrected chi connectivity index (χ1v) is 10.4. The number of rotatable bonds is 11. The topological polar surface area (TPSA) is 99.6 Å². The van der Waals surface area contributed by atoms with Crippen molar-refractivity contribution in [1.29, 1.82) is 5.26 Å². The fraction of sp³-hybridized carbons (Fsp3) is 0.364. The van der Waals surface area contributed by atoms with Crippen LogP contribution < -0.4 is 32.3 Å². The van der Waals surface area contributed by atoms with Crippen LogP contribution in [0.4, 0.5) is 5.69 Å². The minimum atomic E-state index is -0.337. The molecule has 2 N–H and O–H groups in total. The summed E-state index contributed by atoms with van der Waals surface area (Å²) in [6.45, 7) is 2.78. The number of carbonyl (C=O) groups is 1. The zero-order valence-corrected chi connectivity index (χ0v) is 19.4. The lowest BCUT2D eigenvalue weighted by molar-refractivity contribution is -0.727. The van der Waals surface area contributed by atoms with Gasteiger partial charge in [-0.2, -0.15) is 9.83 Å². The van der Waals surface area contributed by atoms with Gasteiger partial charge in [-0.25, -0.2) is 0 Å². The monoisotopic (exact) mass is 479 g/mol. The predicted octanol–water partition coefficient (Wildman–Crippen LogP) is 0.630. The zero-order chi connectivity index (χ0) is 22.3. The molecule has 2 rings (SSSR count). The summed E-state index contributed by atoms with van der Waals surface area (Å²) in [4.78, 5) is 15.3. The maximum Gasteiger partial charge on any atom is 0.307 e. The van der Waals surface area contributed by atoms with E-state index in [-0.39, 0.29) is 25.1 Å². The molecule has 0 saturated carbocycles. The van der Waals surface area contributed by atoms with E-state index in [0.29, 0.717) is 24.1 Å². The number of aromatic nitrogens is 1. The van der Waals surface area contributed by atoms with Crippen molar-refractivity contribution >= 4 is 29.2 Å². The molecule has 0 aliphatic rings. The van der Waals surface area contributed by atoms with Gasteiger partial charge in [-0.15, -0.1) is 0 Å². The third kappa shape index (κ3) is 11.4. The average Bonchev–Trinajstić information content (AvgIpc) is 2.76. The Morgan fingerprint density at radius 1 is 1.12 bits per heavy atom. The van der Waals surface area contributed by atoms with Crippen LogP contribution in [0, 0.1) is 11.5 Å². The second kappa shape index (κ2) is 15.7. The van der Waals surface area contributed by atoms with Crippen LogP contribution in [0.1, 0.15) is 32.6 Å². The Hall–Kier alpha value is -3.02. The van der Waals surface area contributed by atoms with E-state index < -0.39 is 0 Å². The summed E-state index contributed by atoms with van der Waals surface area (Å²) >= 11 is 5.85. The van der Waals surface area contributed by atoms with Gasteiger partial charge in [-0.3, -0.25) is 15.1 Å². The van der Waals surface area contributed by atoms with E-state index in [0.717, 1.165) is 37.1 Å². The van der Waals surface area contributed by atoms with Gasteiger partial charge >= 0.3 is 5.97 Å². The van der Waals surface area contributed by atoms with Crippen LogP contribution >= 0.6 is 11.6 Å². The van der Waals surface area contributed by atoms with Gasteiger partial charge in [0.1, 0.15) is 5.75 Å². The molecule has 0 aliphatic carbocycles. The first-order valence-electron chi connectivity index (χ1n) is 10.0. The Morgan fingerprint density at radius 2 is 1.81 bits per heavy atom. The first-order chi connectivity index (χ1) is 15.1. The molecule has 8 nitrogen and oxygen atoms in total. The second-order valence-electron chi connectivity index (χ2n) is 6.67. The number of unbranched alkanes of at least 4 members (excludes halogenated alkanes) is 3. The number of nitrogens with one attached hydrogen (secondary N) is 2. The van der Waals surface area contributed by atoms with Crippen molar-refractivity contribution in [3.8, 4) is 11.9 Å². The fourth-order valence-corrected chi connectivity index (χ4v) is 2.70. The van der Waals surface area contributed by atoms with Crippen LogP contribution in [0.2, 0.25) is 5.02 Å². The Labute approximate surface area is 199 Å². The molecule has 0 atom stereocenters. The van der Waals surface area contributed by atoms with Crippen molar-refractivity contribution in [3.63, 3.8) is 0 Å². The molecule has 2 aromatic rings. The van der Waals surface area contributed by atoms with E-state index in [1.54, 1.807) is 29.1 Å². The number of hydrogen-bond acceptors (Lipinski definition) is 5. The van der Waals surface area contributed by atoms with Crippen molar-refractivity contribution in [3.05, 3.63) is 53.8 Å². The number of benzene rings is 1. The van der Waals surface area contributed by atoms with Crippen LogP contribution in [0.25, 0.3) is 0 Å². The molecule has 32 heavy (non-hydrogen) atoms. The highest BCUT2D eigenvalue weighted by Crippen LogP contribution is 2.16. The lowest BCUT2D eigenvalue weighted by Gasteiger charge is -2.08. The molecule has 172 valence electrons. The van der Waals surface area contributed by atoms with Crippen LogP contribution in [-0.2, 0) is 16.3 Å². The van der Waals surface area contributed by atoms with Gasteiger partial charge in [0, 0.05) is 30.6 Å². The minimum absolute atomic E-state index is 0. The Bertz CT molecular complexity index is 884. The quantitative estimate of drug-likeness (QED) is 0.0932. The van der Waals surface area contributed by atoms with Gasteiger partial charge in [-0.05, 0) is 43.5 Å². The van der Waals surface area contributed by atoms with Crippen LogP contribution in [-0.4, -0.2) is 25.1 Å². The highest BCUT2D eigenvalue weighted by molar-refractivity contribution is 6.30. The van der Waals surface area contributed by atoms with E-state index in [1.165, 1.54) is 6.92 Å². The lowest BCUT2D eigenvalue weighted by Crippen LogP contribution is -3.00. The summed E-state index contributed by atoms with van der Waals surface area (Å²) in [5.41, 5.74) is 0.764. The molecule has 0 amide bonds. The van der Waals surface area contributed by atoms with Gasteiger partial charge in [0.2, 0.25) is 5.96 Å². The van der Waals surface area contributed by atoms with Gasteiger partial charge in [0.15, 0.2) is 18.6 Å². The molecule has 1 aromatic heterocycles. The van der Waals surface area contributed by atoms with E-state index in [1.807, 2.05) is 30.5 Å². The molecule has 0 unspecified atom stereocenters. The molecule has 0 fully saturated rings. The van der Waals surface area contributed by atoms with Crippen LogP contribution in [0.5, 0.6) is 5.75 Å². The van der Waals surface area contributed by atoms with E-state index in [2.05, 4.69) is 15.6 Å². The molecular weight excluding hydrogens is 453 g/mol. The average molecular weight is 480 g/mol. The van der Waals surface area contributed by atoms with E-state index >= 15 is 0 Å². The van der Waals surface area contributed by atoms with E-state index in [4.69, 9.17) is 26.3 Å². The molecule has 1 heterocycles. The SMILES string of the molecule is CC(=O)OC[n+]1ccc(NC(=NCCCCCCOc2ccc(Cl)cc2)NC#N)cc1.[Cl-]. The van der Waals surface area contributed by atoms with Crippen LogP contribution in [0.3, 0.4) is 0 Å². The molecule has 0 spiro atoms. The Balaban J connectivity index is 0.00000512. The summed E-state index contributed by atoms with van der Waals surface area (Å²) in [7, 11) is 0. The summed E-state index contributed by atoms with van der Waals surface area (Å²) in [5, 5.41) is 15.3. The standard InChI is InChI=1S/C22H26ClN5O3.ClH/c1-18(29)31-17-28-13-10-20(11-14-28)27-22(26-16-24)25-12-4-2-3-5-15-30-21-8-6-19(23)7-9-21;/h6-11,13-14H,2-5,12,15,17H2,1H3,(H,25,26);1H. The third-order valence-corrected chi connectivity index (χ3v) is 4.40. The van der Waals surface area contributed by atoms with Gasteiger partial charge in [0.25, 0.3) is 6.73 Å². The Kier molecular flexibility index (Phi) is 13.3. The molecule has 10 heteroatoms. The fourth-order valence-electron chi connectivity index (χ4n) is 2.57.